The fourth-order valence-corrected chi connectivity index (χ4v) is 5.84. The number of benzene rings is 3. The zero-order chi connectivity index (χ0) is 33.5. The van der Waals surface area contributed by atoms with E-state index < -0.39 is 27.3 Å². The van der Waals surface area contributed by atoms with Crippen LogP contribution < -0.4 is 20.1 Å². The van der Waals surface area contributed by atoms with E-state index in [1.165, 1.54) is 30.3 Å². The van der Waals surface area contributed by atoms with Gasteiger partial charge in [0.1, 0.15) is 17.2 Å². The number of nitrogens with zero attached hydrogens (tertiary/aromatic N) is 1. The maximum Gasteiger partial charge on any atom is 0.410 e. The molecule has 0 aliphatic carbocycles. The van der Waals surface area contributed by atoms with Crippen molar-refractivity contribution in [1.29, 1.82) is 0 Å². The summed E-state index contributed by atoms with van der Waals surface area (Å²) >= 11 is 3.33. The first-order chi connectivity index (χ1) is 21.7. The fourth-order valence-electron chi connectivity index (χ4n) is 4.52. The molecule has 1 aliphatic rings. The predicted molar refractivity (Wildman–Crippen MR) is 174 cm³/mol. The third kappa shape index (κ3) is 10.2. The highest BCUT2D eigenvalue weighted by atomic mass is 79.9. The molecule has 0 radical (unpaired) electrons. The Hall–Kier alpha value is -4.17. The van der Waals surface area contributed by atoms with Gasteiger partial charge in [-0.05, 0) is 100 Å². The van der Waals surface area contributed by atoms with E-state index in [1.807, 2.05) is 20.8 Å². The number of likely N-dealkylation sites (tertiary alicyclic amines) is 1. The first kappa shape index (κ1) is 34.7. The third-order valence-corrected chi connectivity index (χ3v) is 8.83. The van der Waals surface area contributed by atoms with Crippen LogP contribution in [0.25, 0.3) is 0 Å². The van der Waals surface area contributed by atoms with Gasteiger partial charge in [-0.25, -0.2) is 17.6 Å². The van der Waals surface area contributed by atoms with E-state index in [1.54, 1.807) is 29.2 Å². The van der Waals surface area contributed by atoms with E-state index in [0.717, 1.165) is 16.6 Å². The molecule has 0 aromatic heterocycles. The Morgan fingerprint density at radius 1 is 0.957 bits per heavy atom. The number of nitrogens with one attached hydrogen (secondary N) is 3. The zero-order valence-corrected chi connectivity index (χ0v) is 28.0. The maximum absolute atomic E-state index is 14.0. The van der Waals surface area contributed by atoms with Crippen LogP contribution in [-0.2, 0) is 19.6 Å². The first-order valence-corrected chi connectivity index (χ1v) is 16.8. The Kier molecular flexibility index (Phi) is 11.3. The molecule has 11 nitrogen and oxygen atoms in total. The number of amides is 3. The van der Waals surface area contributed by atoms with E-state index in [9.17, 15) is 27.2 Å². The van der Waals surface area contributed by atoms with Gasteiger partial charge in [0.05, 0.1) is 17.1 Å². The summed E-state index contributed by atoms with van der Waals surface area (Å²) in [5.74, 6) is -0.902. The van der Waals surface area contributed by atoms with Crippen LogP contribution in [0.15, 0.2) is 76.1 Å². The van der Waals surface area contributed by atoms with Crippen LogP contribution in [0, 0.1) is 11.7 Å². The number of ether oxygens (including phenoxy) is 2. The van der Waals surface area contributed by atoms with Gasteiger partial charge in [-0.3, -0.25) is 14.3 Å². The number of hydrogen-bond acceptors (Lipinski definition) is 7. The largest absolute Gasteiger partial charge is 0.455 e. The smallest absolute Gasteiger partial charge is 0.410 e. The van der Waals surface area contributed by atoms with Crippen LogP contribution in [0.4, 0.5) is 14.9 Å². The van der Waals surface area contributed by atoms with Crippen molar-refractivity contribution in [3.05, 3.63) is 82.6 Å². The lowest BCUT2D eigenvalue weighted by molar-refractivity contribution is -0.120. The molecule has 246 valence electrons. The molecule has 46 heavy (non-hydrogen) atoms. The summed E-state index contributed by atoms with van der Waals surface area (Å²) in [6.45, 7) is 6.68. The molecule has 0 unspecified atom stereocenters. The van der Waals surface area contributed by atoms with Crippen molar-refractivity contribution in [2.24, 2.45) is 5.92 Å². The van der Waals surface area contributed by atoms with Gasteiger partial charge in [-0.2, -0.15) is 0 Å². The van der Waals surface area contributed by atoms with Gasteiger partial charge < -0.3 is 25.0 Å². The Balaban J connectivity index is 1.26. The molecule has 0 spiro atoms. The minimum absolute atomic E-state index is 0.0906. The van der Waals surface area contributed by atoms with Crippen molar-refractivity contribution in [3.8, 4) is 11.5 Å². The number of piperidine rings is 1. The number of halogens is 2. The lowest BCUT2D eigenvalue weighted by Crippen LogP contribution is -2.44. The summed E-state index contributed by atoms with van der Waals surface area (Å²) in [6.07, 6.45) is 1.09. The Morgan fingerprint density at radius 3 is 2.24 bits per heavy atom. The van der Waals surface area contributed by atoms with E-state index in [-0.39, 0.29) is 46.4 Å². The van der Waals surface area contributed by atoms with Gasteiger partial charge in [-0.1, -0.05) is 15.9 Å². The second-order valence-corrected chi connectivity index (χ2v) is 14.3. The highest BCUT2D eigenvalue weighted by Gasteiger charge is 2.27. The van der Waals surface area contributed by atoms with Crippen LogP contribution in [-0.4, -0.2) is 63.0 Å². The second kappa shape index (κ2) is 14.9. The molecular weight excluding hydrogens is 683 g/mol. The lowest BCUT2D eigenvalue weighted by Gasteiger charge is -2.33. The SMILES string of the molecule is CC(C)(C)OC(=O)N1CCC(CNC(=O)CNC(=O)c2ccc(S(=O)(=O)Nc3cc(F)ccc3Oc3ccc(Br)cc3)cc2)CC1. The van der Waals surface area contributed by atoms with Crippen LogP contribution in [0.1, 0.15) is 44.0 Å². The number of hydrogen-bond donors (Lipinski definition) is 3. The minimum Gasteiger partial charge on any atom is -0.455 e. The molecule has 1 heterocycles. The summed E-state index contributed by atoms with van der Waals surface area (Å²) in [6, 6.07) is 15.4. The number of carbonyl (C=O) groups is 3. The van der Waals surface area contributed by atoms with Crippen molar-refractivity contribution in [2.45, 2.75) is 44.1 Å². The molecular formula is C32H36BrFN4O7S. The second-order valence-electron chi connectivity index (χ2n) is 11.7. The molecule has 1 aliphatic heterocycles. The number of anilines is 1. The van der Waals surface area contributed by atoms with Crippen LogP contribution in [0.2, 0.25) is 0 Å². The van der Waals surface area contributed by atoms with Crippen LogP contribution in [0.5, 0.6) is 11.5 Å². The van der Waals surface area contributed by atoms with Gasteiger partial charge in [-0.15, -0.1) is 0 Å². The maximum atomic E-state index is 14.0. The van der Waals surface area contributed by atoms with Crippen molar-refractivity contribution < 1.29 is 36.7 Å². The van der Waals surface area contributed by atoms with E-state index >= 15 is 0 Å². The van der Waals surface area contributed by atoms with E-state index in [2.05, 4.69) is 31.3 Å². The normalized spacial score (nSPS) is 13.9. The average Bonchev–Trinajstić information content (AvgIpc) is 3.00. The fraction of sp³-hybridized carbons (Fsp3) is 0.344. The molecule has 3 aromatic carbocycles. The Morgan fingerprint density at radius 2 is 1.61 bits per heavy atom. The van der Waals surface area contributed by atoms with Crippen LogP contribution in [0.3, 0.4) is 0 Å². The van der Waals surface area contributed by atoms with E-state index in [0.29, 0.717) is 38.2 Å². The lowest BCUT2D eigenvalue weighted by atomic mass is 9.97. The van der Waals surface area contributed by atoms with Gasteiger partial charge in [0, 0.05) is 35.7 Å². The summed E-state index contributed by atoms with van der Waals surface area (Å²) < 4.78 is 54.5. The molecule has 3 amide bonds. The molecule has 0 saturated carbocycles. The number of sulfonamides is 1. The Bertz CT molecular complexity index is 1660. The van der Waals surface area contributed by atoms with Gasteiger partial charge in [0.2, 0.25) is 5.91 Å². The van der Waals surface area contributed by atoms with Gasteiger partial charge >= 0.3 is 6.09 Å². The van der Waals surface area contributed by atoms with Crippen molar-refractivity contribution in [3.63, 3.8) is 0 Å². The molecule has 0 bridgehead atoms. The molecule has 1 saturated heterocycles. The van der Waals surface area contributed by atoms with E-state index in [4.69, 9.17) is 9.47 Å². The monoisotopic (exact) mass is 718 g/mol. The summed E-state index contributed by atoms with van der Waals surface area (Å²) in [5, 5.41) is 5.33. The average molecular weight is 720 g/mol. The third-order valence-electron chi connectivity index (χ3n) is 6.92. The minimum atomic E-state index is -4.18. The molecule has 0 atom stereocenters. The molecule has 3 aromatic rings. The standard InChI is InChI=1S/C32H36BrFN4O7S/c1-32(2,3)45-31(41)38-16-14-21(15-17-38)19-35-29(39)20-36-30(40)22-4-11-26(12-5-22)46(42,43)37-27-18-24(34)8-13-28(27)44-25-9-6-23(33)7-10-25/h4-13,18,21,37H,14-17,19-20H2,1-3H3,(H,35,39)(H,36,40). The highest BCUT2D eigenvalue weighted by molar-refractivity contribution is 9.10. The summed E-state index contributed by atoms with van der Waals surface area (Å²) in [7, 11) is -4.18. The zero-order valence-electron chi connectivity index (χ0n) is 25.6. The van der Waals surface area contributed by atoms with Crippen molar-refractivity contribution in [2.75, 3.05) is 30.9 Å². The Labute approximate surface area is 276 Å². The van der Waals surface area contributed by atoms with Crippen molar-refractivity contribution in [1.82, 2.24) is 15.5 Å². The van der Waals surface area contributed by atoms with Crippen molar-refractivity contribution >= 4 is 49.5 Å². The van der Waals surface area contributed by atoms with Gasteiger partial charge in [0.15, 0.2) is 5.75 Å². The topological polar surface area (TPSA) is 143 Å². The molecule has 4 rings (SSSR count). The summed E-state index contributed by atoms with van der Waals surface area (Å²) in [5.41, 5.74) is -0.523. The van der Waals surface area contributed by atoms with Crippen LogP contribution >= 0.6 is 15.9 Å². The molecule has 3 N–H and O–H groups in total. The first-order valence-electron chi connectivity index (χ1n) is 14.6. The number of carbonyl (C=O) groups excluding carboxylic acids is 3. The highest BCUT2D eigenvalue weighted by Crippen LogP contribution is 2.32. The van der Waals surface area contributed by atoms with Gasteiger partial charge in [0.25, 0.3) is 15.9 Å². The number of rotatable bonds is 10. The molecule has 14 heteroatoms. The quantitative estimate of drug-likeness (QED) is 0.245. The predicted octanol–water partition coefficient (Wildman–Crippen LogP) is 5.67. The summed E-state index contributed by atoms with van der Waals surface area (Å²) in [4.78, 5) is 38.7. The molecule has 1 fully saturated rings.